The van der Waals surface area contributed by atoms with Gasteiger partial charge < -0.3 is 10.4 Å². The van der Waals surface area contributed by atoms with Crippen molar-refractivity contribution in [2.75, 3.05) is 11.9 Å². The third-order valence-corrected chi connectivity index (χ3v) is 2.57. The zero-order chi connectivity index (χ0) is 14.3. The van der Waals surface area contributed by atoms with E-state index in [0.29, 0.717) is 18.8 Å². The predicted molar refractivity (Wildman–Crippen MR) is 77.8 cm³/mol. The average molecular weight is 259 g/mol. The van der Waals surface area contributed by atoms with Crippen LogP contribution in [0, 0.1) is 24.7 Å². The summed E-state index contributed by atoms with van der Waals surface area (Å²) in [7, 11) is 0. The molecule has 0 aromatic heterocycles. The van der Waals surface area contributed by atoms with Crippen molar-refractivity contribution in [1.82, 2.24) is 0 Å². The Morgan fingerprint density at radius 1 is 1.42 bits per heavy atom. The van der Waals surface area contributed by atoms with Gasteiger partial charge in [-0.3, -0.25) is 4.79 Å². The van der Waals surface area contributed by atoms with E-state index in [4.69, 9.17) is 5.11 Å². The van der Waals surface area contributed by atoms with Crippen LogP contribution in [-0.4, -0.2) is 17.6 Å². The summed E-state index contributed by atoms with van der Waals surface area (Å²) in [5.74, 6) is 6.26. The molecule has 0 bridgehead atoms. The van der Waals surface area contributed by atoms with Gasteiger partial charge in [0, 0.05) is 24.1 Å². The number of carbonyl (C=O) groups is 1. The molecule has 0 aliphatic rings. The summed E-state index contributed by atoms with van der Waals surface area (Å²) in [6, 6.07) is 5.69. The predicted octanol–water partition coefficient (Wildman–Crippen LogP) is 2.71. The minimum atomic E-state index is 0.0214. The molecule has 0 aliphatic carbocycles. The van der Waals surface area contributed by atoms with Crippen molar-refractivity contribution in [2.24, 2.45) is 5.92 Å². The van der Waals surface area contributed by atoms with Gasteiger partial charge in [-0.2, -0.15) is 0 Å². The molecule has 1 aromatic carbocycles. The number of nitrogens with one attached hydrogen (secondary N) is 1. The molecule has 19 heavy (non-hydrogen) atoms. The van der Waals surface area contributed by atoms with E-state index in [1.165, 1.54) is 0 Å². The smallest absolute Gasteiger partial charge is 0.224 e. The van der Waals surface area contributed by atoms with E-state index < -0.39 is 0 Å². The van der Waals surface area contributed by atoms with Crippen molar-refractivity contribution < 1.29 is 9.90 Å². The summed E-state index contributed by atoms with van der Waals surface area (Å²) < 4.78 is 0. The van der Waals surface area contributed by atoms with Crippen LogP contribution in [-0.2, 0) is 4.79 Å². The Bertz CT molecular complexity index is 495. The molecule has 0 saturated heterocycles. The Morgan fingerprint density at radius 3 is 2.79 bits per heavy atom. The van der Waals surface area contributed by atoms with E-state index >= 15 is 0 Å². The number of aliphatic hydroxyl groups is 1. The van der Waals surface area contributed by atoms with Gasteiger partial charge >= 0.3 is 0 Å². The highest BCUT2D eigenvalue weighted by atomic mass is 16.2. The lowest BCUT2D eigenvalue weighted by Gasteiger charge is -2.08. The highest BCUT2D eigenvalue weighted by Crippen LogP contribution is 2.15. The molecule has 2 N–H and O–H groups in total. The van der Waals surface area contributed by atoms with Gasteiger partial charge in [0.1, 0.15) is 0 Å². The zero-order valence-corrected chi connectivity index (χ0v) is 11.8. The van der Waals surface area contributed by atoms with Gasteiger partial charge in [-0.15, -0.1) is 0 Å². The molecular weight excluding hydrogens is 238 g/mol. The van der Waals surface area contributed by atoms with Gasteiger partial charge in [0.25, 0.3) is 0 Å². The first-order valence-electron chi connectivity index (χ1n) is 6.53. The van der Waals surface area contributed by atoms with Crippen LogP contribution in [0.1, 0.15) is 37.8 Å². The molecule has 3 nitrogen and oxygen atoms in total. The van der Waals surface area contributed by atoms with E-state index in [2.05, 4.69) is 17.2 Å². The first-order chi connectivity index (χ1) is 9.02. The quantitative estimate of drug-likeness (QED) is 0.817. The maximum absolute atomic E-state index is 11.7. The molecule has 0 atom stereocenters. The van der Waals surface area contributed by atoms with Gasteiger partial charge in [-0.1, -0.05) is 31.8 Å². The van der Waals surface area contributed by atoms with Gasteiger partial charge in [-0.25, -0.2) is 0 Å². The van der Waals surface area contributed by atoms with Crippen LogP contribution in [0.2, 0.25) is 0 Å². The molecule has 1 rings (SSSR count). The maximum atomic E-state index is 11.7. The summed E-state index contributed by atoms with van der Waals surface area (Å²) in [5.41, 5.74) is 2.72. The highest BCUT2D eigenvalue weighted by molar-refractivity contribution is 5.91. The molecule has 3 heteroatoms. The molecule has 0 spiro atoms. The van der Waals surface area contributed by atoms with Crippen molar-refractivity contribution in [2.45, 2.75) is 33.6 Å². The fraction of sp³-hybridized carbons (Fsp3) is 0.438. The SMILES string of the molecule is Cc1ccc(NC(=O)CC(C)C)cc1C#CCCO. The van der Waals surface area contributed by atoms with Crippen molar-refractivity contribution >= 4 is 11.6 Å². The number of hydrogen-bond acceptors (Lipinski definition) is 2. The fourth-order valence-electron chi connectivity index (χ4n) is 1.63. The number of rotatable bonds is 4. The number of aryl methyl sites for hydroxylation is 1. The van der Waals surface area contributed by atoms with Crippen LogP contribution < -0.4 is 5.32 Å². The van der Waals surface area contributed by atoms with Crippen LogP contribution >= 0.6 is 0 Å². The molecule has 1 amide bonds. The molecule has 0 heterocycles. The van der Waals surface area contributed by atoms with Gasteiger partial charge in [-0.05, 0) is 30.5 Å². The molecule has 0 aliphatic heterocycles. The van der Waals surface area contributed by atoms with Crippen molar-refractivity contribution in [3.8, 4) is 11.8 Å². The standard InChI is InChI=1S/C16H21NO2/c1-12(2)10-16(19)17-15-8-7-13(3)14(11-15)6-4-5-9-18/h7-8,11-12,18H,5,9-10H2,1-3H3,(H,17,19). The first-order valence-corrected chi connectivity index (χ1v) is 6.53. The summed E-state index contributed by atoms with van der Waals surface area (Å²) in [6.07, 6.45) is 0.975. The monoisotopic (exact) mass is 259 g/mol. The molecule has 102 valence electrons. The third kappa shape index (κ3) is 5.58. The fourth-order valence-corrected chi connectivity index (χ4v) is 1.63. The van der Waals surface area contributed by atoms with Crippen LogP contribution in [0.15, 0.2) is 18.2 Å². The Balaban J connectivity index is 2.79. The Hall–Kier alpha value is -1.79. The van der Waals surface area contributed by atoms with E-state index in [1.807, 2.05) is 39.0 Å². The number of anilines is 1. The largest absolute Gasteiger partial charge is 0.395 e. The van der Waals surface area contributed by atoms with E-state index in [-0.39, 0.29) is 12.5 Å². The van der Waals surface area contributed by atoms with Crippen LogP contribution in [0.4, 0.5) is 5.69 Å². The van der Waals surface area contributed by atoms with Crippen molar-refractivity contribution in [3.63, 3.8) is 0 Å². The minimum absolute atomic E-state index is 0.0214. The van der Waals surface area contributed by atoms with E-state index in [9.17, 15) is 4.79 Å². The Morgan fingerprint density at radius 2 is 2.16 bits per heavy atom. The lowest BCUT2D eigenvalue weighted by molar-refractivity contribution is -0.116. The topological polar surface area (TPSA) is 49.3 Å². The average Bonchev–Trinajstić information content (AvgIpc) is 2.32. The summed E-state index contributed by atoms with van der Waals surface area (Å²) in [5, 5.41) is 11.6. The lowest BCUT2D eigenvalue weighted by atomic mass is 10.1. The van der Waals surface area contributed by atoms with Crippen LogP contribution in [0.25, 0.3) is 0 Å². The second kappa shape index (κ2) is 7.60. The number of amides is 1. The zero-order valence-electron chi connectivity index (χ0n) is 11.8. The number of benzene rings is 1. The van der Waals surface area contributed by atoms with Gasteiger partial charge in [0.15, 0.2) is 0 Å². The summed E-state index contributed by atoms with van der Waals surface area (Å²) in [4.78, 5) is 11.7. The second-order valence-corrected chi connectivity index (χ2v) is 4.95. The van der Waals surface area contributed by atoms with Gasteiger partial charge in [0.2, 0.25) is 5.91 Å². The van der Waals surface area contributed by atoms with Crippen molar-refractivity contribution in [3.05, 3.63) is 29.3 Å². The molecule has 0 radical (unpaired) electrons. The Kier molecular flexibility index (Phi) is 6.11. The van der Waals surface area contributed by atoms with Gasteiger partial charge in [0.05, 0.1) is 6.61 Å². The molecule has 0 saturated carbocycles. The Labute approximate surface area is 115 Å². The number of aliphatic hydroxyl groups excluding tert-OH is 1. The van der Waals surface area contributed by atoms with Crippen LogP contribution in [0.5, 0.6) is 0 Å². The maximum Gasteiger partial charge on any atom is 0.224 e. The first kappa shape index (κ1) is 15.3. The number of carbonyl (C=O) groups excluding carboxylic acids is 1. The minimum Gasteiger partial charge on any atom is -0.395 e. The van der Waals surface area contributed by atoms with Crippen molar-refractivity contribution in [1.29, 1.82) is 0 Å². The highest BCUT2D eigenvalue weighted by Gasteiger charge is 2.06. The lowest BCUT2D eigenvalue weighted by Crippen LogP contribution is -2.13. The molecule has 1 aromatic rings. The molecule has 0 unspecified atom stereocenters. The normalized spacial score (nSPS) is 9.95. The second-order valence-electron chi connectivity index (χ2n) is 4.95. The van der Waals surface area contributed by atoms with Crippen LogP contribution in [0.3, 0.4) is 0 Å². The molecular formula is C16H21NO2. The summed E-state index contributed by atoms with van der Waals surface area (Å²) in [6.45, 7) is 6.07. The number of hydrogen-bond donors (Lipinski definition) is 2. The van der Waals surface area contributed by atoms with E-state index in [0.717, 1.165) is 16.8 Å². The molecule has 0 fully saturated rings. The van der Waals surface area contributed by atoms with E-state index in [1.54, 1.807) is 0 Å². The summed E-state index contributed by atoms with van der Waals surface area (Å²) >= 11 is 0. The third-order valence-electron chi connectivity index (χ3n) is 2.57.